The van der Waals surface area contributed by atoms with E-state index in [1.54, 1.807) is 6.92 Å². The van der Waals surface area contributed by atoms with Crippen LogP contribution >= 0.6 is 0 Å². The minimum atomic E-state index is -3.49. The fraction of sp³-hybridized carbons (Fsp3) is 0.417. The van der Waals surface area contributed by atoms with E-state index in [9.17, 15) is 17.6 Å². The maximum absolute atomic E-state index is 13.4. The number of halogens is 1. The number of ketones is 1. The summed E-state index contributed by atoms with van der Waals surface area (Å²) in [5.41, 5.74) is -0.156. The highest BCUT2D eigenvalue weighted by Gasteiger charge is 2.31. The summed E-state index contributed by atoms with van der Waals surface area (Å²) in [5.74, 6) is -1.46. The number of hydrogen-bond acceptors (Lipinski definition) is 3. The van der Waals surface area contributed by atoms with E-state index in [1.807, 2.05) is 0 Å². The van der Waals surface area contributed by atoms with E-state index in [0.717, 1.165) is 6.07 Å². The predicted octanol–water partition coefficient (Wildman–Crippen LogP) is 2.22. The molecule has 17 heavy (non-hydrogen) atoms. The SMILES string of the molecule is CC[C@@H](C(=O)c1ccccc1F)S(=O)(=O)CC. The van der Waals surface area contributed by atoms with Crippen LogP contribution in [0.1, 0.15) is 30.6 Å². The number of carbonyl (C=O) groups excluding carboxylic acids is 1. The largest absolute Gasteiger partial charge is 0.293 e. The quantitative estimate of drug-likeness (QED) is 0.761. The first-order chi connectivity index (χ1) is 7.94. The Hall–Kier alpha value is -1.23. The Balaban J connectivity index is 3.16. The molecule has 0 radical (unpaired) electrons. The van der Waals surface area contributed by atoms with Gasteiger partial charge in [-0.25, -0.2) is 12.8 Å². The van der Waals surface area contributed by atoms with Gasteiger partial charge in [-0.1, -0.05) is 26.0 Å². The third-order valence-electron chi connectivity index (χ3n) is 2.64. The van der Waals surface area contributed by atoms with Gasteiger partial charge in [-0.05, 0) is 18.6 Å². The second-order valence-corrected chi connectivity index (χ2v) is 6.16. The first kappa shape index (κ1) is 13.8. The highest BCUT2D eigenvalue weighted by atomic mass is 32.2. The first-order valence-corrected chi connectivity index (χ1v) is 7.15. The van der Waals surface area contributed by atoms with Crippen molar-refractivity contribution in [3.8, 4) is 0 Å². The minimum absolute atomic E-state index is 0.119. The van der Waals surface area contributed by atoms with Crippen LogP contribution in [0, 0.1) is 5.82 Å². The Morgan fingerprint density at radius 2 is 1.88 bits per heavy atom. The van der Waals surface area contributed by atoms with Crippen molar-refractivity contribution in [3.63, 3.8) is 0 Å². The molecule has 0 spiro atoms. The van der Waals surface area contributed by atoms with Crippen LogP contribution in [0.3, 0.4) is 0 Å². The van der Waals surface area contributed by atoms with E-state index in [2.05, 4.69) is 0 Å². The minimum Gasteiger partial charge on any atom is -0.293 e. The van der Waals surface area contributed by atoms with Crippen LogP contribution in [-0.4, -0.2) is 25.2 Å². The Morgan fingerprint density at radius 1 is 1.29 bits per heavy atom. The zero-order valence-electron chi connectivity index (χ0n) is 9.81. The summed E-state index contributed by atoms with van der Waals surface area (Å²) < 4.78 is 36.8. The summed E-state index contributed by atoms with van der Waals surface area (Å²) in [6.07, 6.45) is 0.156. The number of benzene rings is 1. The van der Waals surface area contributed by atoms with Gasteiger partial charge in [-0.3, -0.25) is 4.79 Å². The van der Waals surface area contributed by atoms with E-state index < -0.39 is 26.7 Å². The molecule has 1 aromatic carbocycles. The monoisotopic (exact) mass is 258 g/mol. The number of hydrogen-bond donors (Lipinski definition) is 0. The van der Waals surface area contributed by atoms with Crippen molar-refractivity contribution in [1.29, 1.82) is 0 Å². The maximum Gasteiger partial charge on any atom is 0.183 e. The number of sulfone groups is 1. The van der Waals surface area contributed by atoms with Crippen LogP contribution in [0.15, 0.2) is 24.3 Å². The van der Waals surface area contributed by atoms with Gasteiger partial charge in [0.25, 0.3) is 0 Å². The Labute approximate surface area is 101 Å². The van der Waals surface area contributed by atoms with Gasteiger partial charge in [-0.2, -0.15) is 0 Å². The van der Waals surface area contributed by atoms with Crippen molar-refractivity contribution in [2.45, 2.75) is 25.5 Å². The molecule has 0 saturated carbocycles. The molecule has 0 bridgehead atoms. The molecule has 0 aliphatic carbocycles. The fourth-order valence-electron chi connectivity index (χ4n) is 1.64. The van der Waals surface area contributed by atoms with Gasteiger partial charge >= 0.3 is 0 Å². The van der Waals surface area contributed by atoms with Crippen LogP contribution in [0.2, 0.25) is 0 Å². The standard InChI is InChI=1S/C12H15FO3S/c1-3-11(17(15,16)4-2)12(14)9-7-5-6-8-10(9)13/h5-8,11H,3-4H2,1-2H3/t11-/m0/s1. The Morgan fingerprint density at radius 3 is 2.35 bits per heavy atom. The molecule has 0 N–H and O–H groups in total. The average molecular weight is 258 g/mol. The summed E-state index contributed by atoms with van der Waals surface area (Å²) in [7, 11) is -3.49. The summed E-state index contributed by atoms with van der Waals surface area (Å²) >= 11 is 0. The molecule has 0 heterocycles. The molecule has 0 aliphatic rings. The summed E-state index contributed by atoms with van der Waals surface area (Å²) in [4.78, 5) is 12.0. The number of rotatable bonds is 5. The van der Waals surface area contributed by atoms with Gasteiger partial charge in [0, 0.05) is 5.75 Å². The van der Waals surface area contributed by atoms with E-state index in [4.69, 9.17) is 0 Å². The van der Waals surface area contributed by atoms with Crippen molar-refractivity contribution in [1.82, 2.24) is 0 Å². The third-order valence-corrected chi connectivity index (χ3v) is 4.86. The summed E-state index contributed by atoms with van der Waals surface area (Å²) in [6.45, 7) is 3.09. The van der Waals surface area contributed by atoms with Crippen LogP contribution in [-0.2, 0) is 9.84 Å². The molecule has 0 aromatic heterocycles. The molecule has 0 fully saturated rings. The molecule has 0 amide bonds. The molecule has 0 saturated heterocycles. The molecular formula is C12H15FO3S. The first-order valence-electron chi connectivity index (χ1n) is 5.44. The summed E-state index contributed by atoms with van der Waals surface area (Å²) in [6, 6.07) is 5.44. The molecule has 1 atom stereocenters. The zero-order valence-corrected chi connectivity index (χ0v) is 10.6. The normalized spacial score (nSPS) is 13.4. The van der Waals surface area contributed by atoms with Crippen LogP contribution in [0.4, 0.5) is 4.39 Å². The zero-order chi connectivity index (χ0) is 13.1. The molecule has 1 rings (SSSR count). The third kappa shape index (κ3) is 2.91. The van der Waals surface area contributed by atoms with Gasteiger partial charge < -0.3 is 0 Å². The smallest absolute Gasteiger partial charge is 0.183 e. The van der Waals surface area contributed by atoms with Gasteiger partial charge in [-0.15, -0.1) is 0 Å². The lowest BCUT2D eigenvalue weighted by Gasteiger charge is -2.13. The molecule has 0 aliphatic heterocycles. The lowest BCUT2D eigenvalue weighted by atomic mass is 10.1. The molecular weight excluding hydrogens is 243 g/mol. The van der Waals surface area contributed by atoms with E-state index in [0.29, 0.717) is 0 Å². The van der Waals surface area contributed by atoms with E-state index >= 15 is 0 Å². The van der Waals surface area contributed by atoms with Crippen molar-refractivity contribution in [2.75, 3.05) is 5.75 Å². The van der Waals surface area contributed by atoms with Crippen molar-refractivity contribution >= 4 is 15.6 Å². The van der Waals surface area contributed by atoms with Gasteiger partial charge in [0.2, 0.25) is 0 Å². The second kappa shape index (κ2) is 5.40. The molecule has 1 aromatic rings. The maximum atomic E-state index is 13.4. The lowest BCUT2D eigenvalue weighted by Crippen LogP contribution is -2.31. The molecule has 94 valence electrons. The van der Waals surface area contributed by atoms with Gasteiger partial charge in [0.05, 0.1) is 5.56 Å². The van der Waals surface area contributed by atoms with Crippen LogP contribution in [0.25, 0.3) is 0 Å². The Kier molecular flexibility index (Phi) is 4.40. The average Bonchev–Trinajstić information content (AvgIpc) is 2.30. The van der Waals surface area contributed by atoms with E-state index in [1.165, 1.54) is 25.1 Å². The Bertz CT molecular complexity index is 508. The van der Waals surface area contributed by atoms with Crippen molar-refractivity contribution in [2.24, 2.45) is 0 Å². The van der Waals surface area contributed by atoms with Crippen molar-refractivity contribution in [3.05, 3.63) is 35.6 Å². The highest BCUT2D eigenvalue weighted by molar-refractivity contribution is 7.92. The highest BCUT2D eigenvalue weighted by Crippen LogP contribution is 2.16. The predicted molar refractivity (Wildman–Crippen MR) is 64.3 cm³/mol. The van der Waals surface area contributed by atoms with Gasteiger partial charge in [0.15, 0.2) is 15.6 Å². The van der Waals surface area contributed by atoms with Crippen molar-refractivity contribution < 1.29 is 17.6 Å². The van der Waals surface area contributed by atoms with Gasteiger partial charge in [0.1, 0.15) is 11.1 Å². The van der Waals surface area contributed by atoms with Crippen LogP contribution < -0.4 is 0 Å². The second-order valence-electron chi connectivity index (χ2n) is 3.69. The van der Waals surface area contributed by atoms with E-state index in [-0.39, 0.29) is 17.7 Å². The van der Waals surface area contributed by atoms with Crippen LogP contribution in [0.5, 0.6) is 0 Å². The number of Topliss-reactive ketones (excluding diaryl/α,β-unsaturated/α-hetero) is 1. The molecule has 3 nitrogen and oxygen atoms in total. The fourth-order valence-corrected chi connectivity index (χ4v) is 3.00. The topological polar surface area (TPSA) is 51.2 Å². The molecule has 0 unspecified atom stereocenters. The molecule has 5 heteroatoms. The number of carbonyl (C=O) groups is 1. The summed E-state index contributed by atoms with van der Waals surface area (Å²) in [5, 5.41) is -1.15. The lowest BCUT2D eigenvalue weighted by molar-refractivity contribution is 0.0981.